The molecule has 82 valence electrons. The number of methoxy groups -OCH3 is 1. The first-order valence-electron chi connectivity index (χ1n) is 4.18. The van der Waals surface area contributed by atoms with E-state index < -0.39 is 29.0 Å². The quantitative estimate of drug-likeness (QED) is 0.393. The standard InChI is InChI=1S/C8H15NO5/c1-8(2,9(12)13)4-6(5-10)7(11)14-3/h6,10H,4-5H2,1-3H3. The molecule has 0 saturated heterocycles. The number of hydrogen-bond donors (Lipinski definition) is 1. The number of ether oxygens (including phenoxy) is 1. The van der Waals surface area contributed by atoms with Crippen LogP contribution in [0.4, 0.5) is 0 Å². The molecule has 0 bridgehead atoms. The third-order valence-corrected chi connectivity index (χ3v) is 2.00. The molecule has 6 heteroatoms. The number of carbonyl (C=O) groups excluding carboxylic acids is 1. The van der Waals surface area contributed by atoms with Crippen LogP contribution >= 0.6 is 0 Å². The molecule has 0 fully saturated rings. The Hall–Kier alpha value is -1.17. The summed E-state index contributed by atoms with van der Waals surface area (Å²) in [5, 5.41) is 19.4. The lowest BCUT2D eigenvalue weighted by molar-refractivity contribution is -0.562. The summed E-state index contributed by atoms with van der Waals surface area (Å²) in [5.41, 5.74) is -1.23. The van der Waals surface area contributed by atoms with Crippen LogP contribution in [0.1, 0.15) is 20.3 Å². The van der Waals surface area contributed by atoms with Crippen LogP contribution in [0.2, 0.25) is 0 Å². The molecule has 0 aromatic rings. The lowest BCUT2D eigenvalue weighted by Crippen LogP contribution is -2.37. The normalized spacial score (nSPS) is 13.4. The first kappa shape index (κ1) is 12.8. The summed E-state index contributed by atoms with van der Waals surface area (Å²) < 4.78 is 4.41. The topological polar surface area (TPSA) is 89.7 Å². The molecular weight excluding hydrogens is 190 g/mol. The molecule has 0 rings (SSSR count). The maximum Gasteiger partial charge on any atom is 0.311 e. The van der Waals surface area contributed by atoms with Crippen LogP contribution in [0, 0.1) is 16.0 Å². The summed E-state index contributed by atoms with van der Waals surface area (Å²) in [4.78, 5) is 21.1. The van der Waals surface area contributed by atoms with Crippen molar-refractivity contribution in [3.63, 3.8) is 0 Å². The van der Waals surface area contributed by atoms with Gasteiger partial charge in [0.05, 0.1) is 19.6 Å². The van der Waals surface area contributed by atoms with Crippen LogP contribution in [-0.2, 0) is 9.53 Å². The second kappa shape index (κ2) is 4.90. The zero-order valence-electron chi connectivity index (χ0n) is 8.52. The molecule has 0 aliphatic carbocycles. The van der Waals surface area contributed by atoms with Gasteiger partial charge in [-0.1, -0.05) is 0 Å². The highest BCUT2D eigenvalue weighted by Crippen LogP contribution is 2.20. The Balaban J connectivity index is 4.46. The smallest absolute Gasteiger partial charge is 0.311 e. The molecule has 14 heavy (non-hydrogen) atoms. The Morgan fingerprint density at radius 1 is 1.64 bits per heavy atom. The number of carbonyl (C=O) groups is 1. The van der Waals surface area contributed by atoms with Gasteiger partial charge in [-0.3, -0.25) is 14.9 Å². The molecule has 0 aliphatic rings. The van der Waals surface area contributed by atoms with E-state index in [4.69, 9.17) is 5.11 Å². The van der Waals surface area contributed by atoms with Gasteiger partial charge in [0.1, 0.15) is 0 Å². The number of nitrogens with zero attached hydrogens (tertiary/aromatic N) is 1. The summed E-state index contributed by atoms with van der Waals surface area (Å²) in [6.07, 6.45) is -0.0385. The molecule has 1 unspecified atom stereocenters. The summed E-state index contributed by atoms with van der Waals surface area (Å²) >= 11 is 0. The van der Waals surface area contributed by atoms with Gasteiger partial charge in [0.25, 0.3) is 0 Å². The monoisotopic (exact) mass is 205 g/mol. The number of aliphatic hydroxyl groups excluding tert-OH is 1. The van der Waals surface area contributed by atoms with E-state index >= 15 is 0 Å². The first-order chi connectivity index (χ1) is 6.35. The molecule has 1 N–H and O–H groups in total. The third-order valence-electron chi connectivity index (χ3n) is 2.00. The van der Waals surface area contributed by atoms with Gasteiger partial charge in [-0.2, -0.15) is 0 Å². The number of hydrogen-bond acceptors (Lipinski definition) is 5. The Bertz CT molecular complexity index is 226. The second-order valence-electron chi connectivity index (χ2n) is 3.68. The molecule has 0 aromatic carbocycles. The largest absolute Gasteiger partial charge is 0.469 e. The van der Waals surface area contributed by atoms with Crippen molar-refractivity contribution >= 4 is 5.97 Å². The van der Waals surface area contributed by atoms with Crippen LogP contribution < -0.4 is 0 Å². The number of rotatable bonds is 5. The molecule has 1 atom stereocenters. The van der Waals surface area contributed by atoms with Gasteiger partial charge in [-0.05, 0) is 0 Å². The fourth-order valence-corrected chi connectivity index (χ4v) is 1.07. The first-order valence-corrected chi connectivity index (χ1v) is 4.18. The number of esters is 1. The lowest BCUT2D eigenvalue weighted by atomic mass is 9.92. The minimum Gasteiger partial charge on any atom is -0.469 e. The van der Waals surface area contributed by atoms with E-state index in [9.17, 15) is 14.9 Å². The van der Waals surface area contributed by atoms with E-state index in [0.717, 1.165) is 0 Å². The van der Waals surface area contributed by atoms with Crippen LogP contribution in [0.5, 0.6) is 0 Å². The molecule has 0 aromatic heterocycles. The van der Waals surface area contributed by atoms with Gasteiger partial charge < -0.3 is 9.84 Å². The second-order valence-corrected chi connectivity index (χ2v) is 3.68. The number of aliphatic hydroxyl groups is 1. The number of nitro groups is 1. The van der Waals surface area contributed by atoms with Crippen molar-refractivity contribution in [1.29, 1.82) is 0 Å². The Labute approximate surface area is 82.0 Å². The van der Waals surface area contributed by atoms with Crippen molar-refractivity contribution in [3.8, 4) is 0 Å². The van der Waals surface area contributed by atoms with Crippen molar-refractivity contribution in [2.75, 3.05) is 13.7 Å². The fourth-order valence-electron chi connectivity index (χ4n) is 1.07. The van der Waals surface area contributed by atoms with Crippen molar-refractivity contribution in [2.24, 2.45) is 5.92 Å². The van der Waals surface area contributed by atoms with E-state index in [2.05, 4.69) is 4.74 Å². The zero-order chi connectivity index (χ0) is 11.4. The molecule has 0 amide bonds. The van der Waals surface area contributed by atoms with E-state index in [1.807, 2.05) is 0 Å². The van der Waals surface area contributed by atoms with Gasteiger partial charge >= 0.3 is 5.97 Å². The van der Waals surface area contributed by atoms with Gasteiger partial charge in [0.2, 0.25) is 5.54 Å². The summed E-state index contributed by atoms with van der Waals surface area (Å²) in [7, 11) is 1.18. The maximum atomic E-state index is 11.0. The average Bonchev–Trinajstić information content (AvgIpc) is 2.12. The van der Waals surface area contributed by atoms with E-state index in [1.54, 1.807) is 0 Å². The SMILES string of the molecule is COC(=O)C(CO)CC(C)(C)[N+](=O)[O-]. The highest BCUT2D eigenvalue weighted by atomic mass is 16.6. The summed E-state index contributed by atoms with van der Waals surface area (Å²) in [6.45, 7) is 2.36. The molecular formula is C8H15NO5. The van der Waals surface area contributed by atoms with Crippen molar-refractivity contribution in [2.45, 2.75) is 25.8 Å². The van der Waals surface area contributed by atoms with E-state index in [-0.39, 0.29) is 6.42 Å². The predicted octanol–water partition coefficient (Wildman–Crippen LogP) is 0.213. The van der Waals surface area contributed by atoms with Crippen LogP contribution in [0.15, 0.2) is 0 Å². The maximum absolute atomic E-state index is 11.0. The zero-order valence-corrected chi connectivity index (χ0v) is 8.52. The van der Waals surface area contributed by atoms with E-state index in [0.29, 0.717) is 0 Å². The molecule has 0 aliphatic heterocycles. The van der Waals surface area contributed by atoms with Gasteiger partial charge in [-0.25, -0.2) is 0 Å². The van der Waals surface area contributed by atoms with Gasteiger partial charge in [0.15, 0.2) is 0 Å². The molecule has 6 nitrogen and oxygen atoms in total. The van der Waals surface area contributed by atoms with Gasteiger partial charge in [-0.15, -0.1) is 0 Å². The van der Waals surface area contributed by atoms with Crippen LogP contribution in [0.25, 0.3) is 0 Å². The van der Waals surface area contributed by atoms with Crippen molar-refractivity contribution < 1.29 is 19.6 Å². The Kier molecular flexibility index (Phi) is 4.49. The Morgan fingerprint density at radius 2 is 2.14 bits per heavy atom. The third kappa shape index (κ3) is 3.29. The highest BCUT2D eigenvalue weighted by molar-refractivity contribution is 5.72. The minimum absolute atomic E-state index is 0.0385. The van der Waals surface area contributed by atoms with Gasteiger partial charge in [0, 0.05) is 25.2 Å². The highest BCUT2D eigenvalue weighted by Gasteiger charge is 2.36. The predicted molar refractivity (Wildman–Crippen MR) is 48.3 cm³/mol. The summed E-state index contributed by atoms with van der Waals surface area (Å²) in [6, 6.07) is 0. The molecule has 0 heterocycles. The summed E-state index contributed by atoms with van der Waals surface area (Å²) in [5.74, 6) is -1.46. The fraction of sp³-hybridized carbons (Fsp3) is 0.875. The van der Waals surface area contributed by atoms with Crippen LogP contribution in [0.3, 0.4) is 0 Å². The van der Waals surface area contributed by atoms with Crippen molar-refractivity contribution in [1.82, 2.24) is 0 Å². The van der Waals surface area contributed by atoms with Crippen LogP contribution in [-0.4, -0.2) is 35.3 Å². The van der Waals surface area contributed by atoms with E-state index in [1.165, 1.54) is 21.0 Å². The molecule has 0 radical (unpaired) electrons. The Morgan fingerprint density at radius 3 is 2.43 bits per heavy atom. The average molecular weight is 205 g/mol. The minimum atomic E-state index is -1.23. The molecule has 0 saturated carbocycles. The van der Waals surface area contributed by atoms with Crippen molar-refractivity contribution in [3.05, 3.63) is 10.1 Å². The molecule has 0 spiro atoms. The lowest BCUT2D eigenvalue weighted by Gasteiger charge is -2.19.